The minimum absolute atomic E-state index is 0.131. The van der Waals surface area contributed by atoms with Gasteiger partial charge in [0, 0.05) is 11.7 Å². The maximum absolute atomic E-state index is 11.2. The molecule has 0 saturated heterocycles. The van der Waals surface area contributed by atoms with E-state index >= 15 is 0 Å². The summed E-state index contributed by atoms with van der Waals surface area (Å²) in [6.07, 6.45) is 0.682. The van der Waals surface area contributed by atoms with Gasteiger partial charge in [0.1, 0.15) is 6.04 Å². The molecule has 0 aromatic heterocycles. The second-order valence-corrected chi connectivity index (χ2v) is 6.68. The van der Waals surface area contributed by atoms with Crippen LogP contribution >= 0.6 is 23.5 Å². The number of aliphatic carboxylic acids is 2. The van der Waals surface area contributed by atoms with Crippen LogP contribution in [-0.4, -0.2) is 33.9 Å². The molecular formula is C15H18ClNO4S. The number of benzene rings is 1. The van der Waals surface area contributed by atoms with Crippen LogP contribution in [0.15, 0.2) is 30.3 Å². The summed E-state index contributed by atoms with van der Waals surface area (Å²) >= 11 is 7.17. The molecule has 5 nitrogen and oxygen atoms in total. The van der Waals surface area contributed by atoms with Crippen molar-refractivity contribution in [2.45, 2.75) is 18.2 Å². The highest BCUT2D eigenvalue weighted by Gasteiger charge is 2.59. The molecule has 1 fully saturated rings. The number of carbonyl (C=O) groups is 2. The van der Waals surface area contributed by atoms with E-state index in [0.29, 0.717) is 6.42 Å². The van der Waals surface area contributed by atoms with Crippen molar-refractivity contribution in [3.05, 3.63) is 35.9 Å². The van der Waals surface area contributed by atoms with Crippen LogP contribution in [0.25, 0.3) is 0 Å². The van der Waals surface area contributed by atoms with Crippen LogP contribution in [0, 0.1) is 17.8 Å². The monoisotopic (exact) mass is 343 g/mol. The van der Waals surface area contributed by atoms with E-state index in [2.05, 4.69) is 4.84 Å². The number of carboxylic acid groups (broad SMARTS) is 2. The highest BCUT2D eigenvalue weighted by molar-refractivity contribution is 7.98. The summed E-state index contributed by atoms with van der Waals surface area (Å²) in [7, 11) is 0. The lowest BCUT2D eigenvalue weighted by Gasteiger charge is -2.08. The van der Waals surface area contributed by atoms with Crippen LogP contribution in [0.2, 0.25) is 0 Å². The molecular weight excluding hydrogens is 326 g/mol. The zero-order chi connectivity index (χ0) is 16.1. The van der Waals surface area contributed by atoms with Crippen LogP contribution in [0.3, 0.4) is 0 Å². The maximum atomic E-state index is 11.2. The van der Waals surface area contributed by atoms with Crippen molar-refractivity contribution in [3.8, 4) is 0 Å². The average Bonchev–Trinajstić information content (AvgIpc) is 3.19. The fourth-order valence-corrected chi connectivity index (χ4v) is 4.09. The lowest BCUT2D eigenvalue weighted by atomic mass is 10.1. The number of carboxylic acids is 2. The van der Waals surface area contributed by atoms with Crippen molar-refractivity contribution in [1.82, 2.24) is 4.84 Å². The Bertz CT molecular complexity index is 528. The lowest BCUT2D eigenvalue weighted by molar-refractivity contribution is -0.140. The Morgan fingerprint density at radius 3 is 2.50 bits per heavy atom. The summed E-state index contributed by atoms with van der Waals surface area (Å²) in [5.74, 6) is -1.57. The molecule has 0 aliphatic heterocycles. The van der Waals surface area contributed by atoms with Gasteiger partial charge in [-0.3, -0.25) is 9.59 Å². The number of nitrogens with one attached hydrogen (secondary N) is 1. The van der Waals surface area contributed by atoms with Gasteiger partial charge in [-0.05, 0) is 35.4 Å². The molecule has 0 amide bonds. The molecule has 120 valence electrons. The van der Waals surface area contributed by atoms with Crippen molar-refractivity contribution in [2.75, 3.05) is 5.75 Å². The molecule has 1 aliphatic carbocycles. The average molecular weight is 344 g/mol. The zero-order valence-corrected chi connectivity index (χ0v) is 13.4. The van der Waals surface area contributed by atoms with Crippen molar-refractivity contribution in [2.24, 2.45) is 17.8 Å². The van der Waals surface area contributed by atoms with Gasteiger partial charge >= 0.3 is 11.9 Å². The minimum atomic E-state index is -1.11. The Hall–Kier alpha value is -1.24. The summed E-state index contributed by atoms with van der Waals surface area (Å²) in [5, 5.41) is 18.3. The molecule has 7 heteroatoms. The van der Waals surface area contributed by atoms with Crippen molar-refractivity contribution in [1.29, 1.82) is 0 Å². The molecule has 0 heterocycles. The molecule has 0 bridgehead atoms. The lowest BCUT2D eigenvalue weighted by Crippen LogP contribution is -2.34. The van der Waals surface area contributed by atoms with Crippen LogP contribution in [0.1, 0.15) is 12.0 Å². The molecule has 0 radical (unpaired) electrons. The predicted octanol–water partition coefficient (Wildman–Crippen LogP) is 2.45. The summed E-state index contributed by atoms with van der Waals surface area (Å²) in [5.41, 5.74) is 1.22. The Labute approximate surface area is 138 Å². The number of hydrogen-bond donors (Lipinski definition) is 3. The van der Waals surface area contributed by atoms with Gasteiger partial charge < -0.3 is 10.2 Å². The quantitative estimate of drug-likeness (QED) is 0.471. The molecule has 1 saturated carbocycles. The fraction of sp³-hybridized carbons (Fsp3) is 0.467. The molecule has 22 heavy (non-hydrogen) atoms. The Kier molecular flexibility index (Phi) is 6.11. The van der Waals surface area contributed by atoms with Crippen molar-refractivity contribution >= 4 is 35.5 Å². The molecule has 1 aromatic carbocycles. The number of rotatable bonds is 9. The van der Waals surface area contributed by atoms with Crippen LogP contribution in [0.5, 0.6) is 0 Å². The maximum Gasteiger partial charge on any atom is 0.322 e. The topological polar surface area (TPSA) is 86.6 Å². The van der Waals surface area contributed by atoms with E-state index in [4.69, 9.17) is 16.9 Å². The summed E-state index contributed by atoms with van der Waals surface area (Å²) in [6.45, 7) is 0. The third kappa shape index (κ3) is 4.15. The first-order valence-corrected chi connectivity index (χ1v) is 8.53. The Morgan fingerprint density at radius 1 is 1.27 bits per heavy atom. The molecule has 0 unspecified atom stereocenters. The van der Waals surface area contributed by atoms with Gasteiger partial charge in [-0.2, -0.15) is 11.8 Å². The molecule has 4 atom stereocenters. The van der Waals surface area contributed by atoms with Crippen molar-refractivity contribution in [3.63, 3.8) is 0 Å². The van der Waals surface area contributed by atoms with Gasteiger partial charge in [0.25, 0.3) is 0 Å². The molecule has 2 rings (SSSR count). The highest BCUT2D eigenvalue weighted by Crippen LogP contribution is 2.51. The predicted molar refractivity (Wildman–Crippen MR) is 85.7 cm³/mol. The molecule has 1 aromatic rings. The first-order chi connectivity index (χ1) is 10.6. The molecule has 3 N–H and O–H groups in total. The van der Waals surface area contributed by atoms with Gasteiger partial charge in [0.2, 0.25) is 0 Å². The number of thioether (sulfide) groups is 1. The van der Waals surface area contributed by atoms with Gasteiger partial charge in [0.05, 0.1) is 5.92 Å². The van der Waals surface area contributed by atoms with Crippen molar-refractivity contribution < 1.29 is 19.8 Å². The zero-order valence-electron chi connectivity index (χ0n) is 11.8. The van der Waals surface area contributed by atoms with E-state index in [1.54, 1.807) is 11.8 Å². The second-order valence-electron chi connectivity index (χ2n) is 5.36. The van der Waals surface area contributed by atoms with Gasteiger partial charge in [-0.1, -0.05) is 30.3 Å². The van der Waals surface area contributed by atoms with E-state index in [1.165, 1.54) is 5.56 Å². The minimum Gasteiger partial charge on any atom is -0.481 e. The van der Waals surface area contributed by atoms with E-state index in [-0.39, 0.29) is 5.92 Å². The number of halogens is 1. The standard InChI is InChI=1S/C15H18ClNO4S/c16-17-13(15(20)21)11-10(12(11)14(18)19)6-7-22-8-9-4-2-1-3-5-9/h1-5,10-13,17H,6-8H2,(H,18,19)(H,20,21)/t10-,11+,12+,13-/m1/s1. The van der Waals surface area contributed by atoms with Gasteiger partial charge in [0.15, 0.2) is 0 Å². The highest BCUT2D eigenvalue weighted by atomic mass is 35.5. The van der Waals surface area contributed by atoms with Crippen LogP contribution in [0.4, 0.5) is 0 Å². The van der Waals surface area contributed by atoms with Crippen LogP contribution in [-0.2, 0) is 15.3 Å². The summed E-state index contributed by atoms with van der Waals surface area (Å²) in [6, 6.07) is 9.02. The van der Waals surface area contributed by atoms with E-state index in [1.807, 2.05) is 30.3 Å². The smallest absolute Gasteiger partial charge is 0.322 e. The first kappa shape index (κ1) is 17.1. The molecule has 1 aliphatic rings. The largest absolute Gasteiger partial charge is 0.481 e. The van der Waals surface area contributed by atoms with Gasteiger partial charge in [-0.25, -0.2) is 4.84 Å². The van der Waals surface area contributed by atoms with E-state index in [9.17, 15) is 14.7 Å². The van der Waals surface area contributed by atoms with E-state index < -0.39 is 29.8 Å². The third-order valence-electron chi connectivity index (χ3n) is 3.99. The summed E-state index contributed by atoms with van der Waals surface area (Å²) < 4.78 is 0. The first-order valence-electron chi connectivity index (χ1n) is 6.99. The SMILES string of the molecule is O=C(O)[C@H]1[C@H](CCSCc2ccccc2)[C@@H]1[C@@H](NCl)C(=O)O. The normalized spacial score (nSPS) is 24.7. The number of hydrogen-bond acceptors (Lipinski definition) is 4. The second kappa shape index (κ2) is 7.85. The van der Waals surface area contributed by atoms with E-state index in [0.717, 1.165) is 11.5 Å². The fourth-order valence-electron chi connectivity index (χ4n) is 2.84. The Balaban J connectivity index is 1.81. The van der Waals surface area contributed by atoms with Crippen LogP contribution < -0.4 is 4.84 Å². The van der Waals surface area contributed by atoms with Gasteiger partial charge in [-0.15, -0.1) is 0 Å². The summed E-state index contributed by atoms with van der Waals surface area (Å²) in [4.78, 5) is 24.5. The third-order valence-corrected chi connectivity index (χ3v) is 5.29. The Morgan fingerprint density at radius 2 is 1.95 bits per heavy atom. The molecule has 0 spiro atoms.